The molecule has 0 fully saturated rings. The van der Waals surface area contributed by atoms with Crippen molar-refractivity contribution in [1.82, 2.24) is 10.3 Å². The molecule has 2 rings (SSSR count). The SMILES string of the molecule is CNC(CCc1ccncc1)c1ccco1. The number of nitrogens with zero attached hydrogens (tertiary/aromatic N) is 1. The number of aromatic nitrogens is 1. The molecule has 1 unspecified atom stereocenters. The topological polar surface area (TPSA) is 38.1 Å². The van der Waals surface area contributed by atoms with Gasteiger partial charge >= 0.3 is 0 Å². The normalized spacial score (nSPS) is 12.6. The summed E-state index contributed by atoms with van der Waals surface area (Å²) < 4.78 is 5.40. The summed E-state index contributed by atoms with van der Waals surface area (Å²) in [5.74, 6) is 0.997. The van der Waals surface area contributed by atoms with Gasteiger partial charge in [-0.05, 0) is 49.7 Å². The molecule has 0 amide bonds. The van der Waals surface area contributed by atoms with Gasteiger partial charge in [0.1, 0.15) is 5.76 Å². The van der Waals surface area contributed by atoms with E-state index in [1.165, 1.54) is 5.56 Å². The van der Waals surface area contributed by atoms with Crippen molar-refractivity contribution in [3.63, 3.8) is 0 Å². The standard InChI is InChI=1S/C13H16N2O/c1-14-12(13-3-2-10-16-13)5-4-11-6-8-15-9-7-11/h2-3,6-10,12,14H,4-5H2,1H3. The summed E-state index contributed by atoms with van der Waals surface area (Å²) in [6, 6.07) is 8.31. The molecule has 0 saturated heterocycles. The molecule has 3 nitrogen and oxygen atoms in total. The fraction of sp³-hybridized carbons (Fsp3) is 0.308. The van der Waals surface area contributed by atoms with E-state index < -0.39 is 0 Å². The van der Waals surface area contributed by atoms with Crippen LogP contribution in [0.2, 0.25) is 0 Å². The highest BCUT2D eigenvalue weighted by Gasteiger charge is 2.11. The lowest BCUT2D eigenvalue weighted by Crippen LogP contribution is -2.16. The predicted molar refractivity (Wildman–Crippen MR) is 63.1 cm³/mol. The highest BCUT2D eigenvalue weighted by Crippen LogP contribution is 2.18. The van der Waals surface area contributed by atoms with Crippen molar-refractivity contribution in [3.05, 3.63) is 54.2 Å². The van der Waals surface area contributed by atoms with Crippen LogP contribution in [-0.2, 0) is 6.42 Å². The van der Waals surface area contributed by atoms with Gasteiger partial charge in [0.15, 0.2) is 0 Å². The Balaban J connectivity index is 1.94. The summed E-state index contributed by atoms with van der Waals surface area (Å²) in [5.41, 5.74) is 1.31. The summed E-state index contributed by atoms with van der Waals surface area (Å²) in [6.07, 6.45) is 7.42. The fourth-order valence-corrected chi connectivity index (χ4v) is 1.78. The first kappa shape index (κ1) is 10.9. The Morgan fingerprint density at radius 1 is 1.31 bits per heavy atom. The number of hydrogen-bond donors (Lipinski definition) is 1. The van der Waals surface area contributed by atoms with E-state index >= 15 is 0 Å². The Labute approximate surface area is 95.5 Å². The van der Waals surface area contributed by atoms with Gasteiger partial charge in [-0.3, -0.25) is 4.98 Å². The Kier molecular flexibility index (Phi) is 3.72. The van der Waals surface area contributed by atoms with Crippen molar-refractivity contribution in [2.75, 3.05) is 7.05 Å². The van der Waals surface area contributed by atoms with Gasteiger partial charge in [-0.1, -0.05) is 0 Å². The molecule has 0 aromatic carbocycles. The molecular weight excluding hydrogens is 200 g/mol. The third-order valence-electron chi connectivity index (χ3n) is 2.71. The average Bonchev–Trinajstić information content (AvgIpc) is 2.85. The van der Waals surface area contributed by atoms with E-state index in [-0.39, 0.29) is 6.04 Å². The number of furan rings is 1. The van der Waals surface area contributed by atoms with Crippen LogP contribution < -0.4 is 5.32 Å². The number of hydrogen-bond acceptors (Lipinski definition) is 3. The molecular formula is C13H16N2O. The zero-order valence-electron chi connectivity index (χ0n) is 9.39. The first-order valence-corrected chi connectivity index (χ1v) is 5.49. The zero-order chi connectivity index (χ0) is 11.2. The Morgan fingerprint density at radius 2 is 2.12 bits per heavy atom. The van der Waals surface area contributed by atoms with Crippen LogP contribution in [0.25, 0.3) is 0 Å². The Morgan fingerprint density at radius 3 is 2.75 bits per heavy atom. The van der Waals surface area contributed by atoms with E-state index in [1.807, 2.05) is 31.6 Å². The average molecular weight is 216 g/mol. The molecule has 2 aromatic heterocycles. The number of rotatable bonds is 5. The lowest BCUT2D eigenvalue weighted by molar-refractivity contribution is 0.415. The lowest BCUT2D eigenvalue weighted by Gasteiger charge is -2.13. The van der Waals surface area contributed by atoms with Gasteiger partial charge in [-0.25, -0.2) is 0 Å². The molecule has 84 valence electrons. The molecule has 2 aromatic rings. The first-order chi connectivity index (χ1) is 7.90. The predicted octanol–water partition coefficient (Wildman–Crippen LogP) is 2.57. The molecule has 1 N–H and O–H groups in total. The van der Waals surface area contributed by atoms with Crippen molar-refractivity contribution < 1.29 is 4.42 Å². The minimum atomic E-state index is 0.281. The van der Waals surface area contributed by atoms with E-state index in [4.69, 9.17) is 4.42 Å². The summed E-state index contributed by atoms with van der Waals surface area (Å²) in [6.45, 7) is 0. The van der Waals surface area contributed by atoms with Crippen LogP contribution in [0.5, 0.6) is 0 Å². The van der Waals surface area contributed by atoms with E-state index in [9.17, 15) is 0 Å². The molecule has 0 bridgehead atoms. The maximum absolute atomic E-state index is 5.40. The van der Waals surface area contributed by atoms with Gasteiger partial charge in [-0.15, -0.1) is 0 Å². The van der Waals surface area contributed by atoms with Gasteiger partial charge in [0.2, 0.25) is 0 Å². The maximum atomic E-state index is 5.40. The van der Waals surface area contributed by atoms with Gasteiger partial charge in [-0.2, -0.15) is 0 Å². The van der Waals surface area contributed by atoms with Gasteiger partial charge in [0, 0.05) is 12.4 Å². The van der Waals surface area contributed by atoms with Crippen molar-refractivity contribution >= 4 is 0 Å². The van der Waals surface area contributed by atoms with Gasteiger partial charge in [0.25, 0.3) is 0 Å². The summed E-state index contributed by atoms with van der Waals surface area (Å²) in [7, 11) is 1.96. The third-order valence-corrected chi connectivity index (χ3v) is 2.71. The second-order valence-corrected chi connectivity index (χ2v) is 3.75. The van der Waals surface area contributed by atoms with E-state index in [0.29, 0.717) is 0 Å². The molecule has 0 saturated carbocycles. The van der Waals surface area contributed by atoms with Crippen molar-refractivity contribution in [1.29, 1.82) is 0 Å². The largest absolute Gasteiger partial charge is 0.468 e. The molecule has 0 radical (unpaired) electrons. The number of nitrogens with one attached hydrogen (secondary N) is 1. The molecule has 0 aliphatic carbocycles. The molecule has 0 spiro atoms. The van der Waals surface area contributed by atoms with E-state index in [0.717, 1.165) is 18.6 Å². The minimum Gasteiger partial charge on any atom is -0.468 e. The van der Waals surface area contributed by atoms with Crippen molar-refractivity contribution in [3.8, 4) is 0 Å². The Bertz CT molecular complexity index is 397. The van der Waals surface area contributed by atoms with Crippen LogP contribution >= 0.6 is 0 Å². The van der Waals surface area contributed by atoms with Crippen molar-refractivity contribution in [2.45, 2.75) is 18.9 Å². The summed E-state index contributed by atoms with van der Waals surface area (Å²) in [4.78, 5) is 4.01. The quantitative estimate of drug-likeness (QED) is 0.834. The van der Waals surface area contributed by atoms with Crippen LogP contribution in [-0.4, -0.2) is 12.0 Å². The van der Waals surface area contributed by atoms with Crippen LogP contribution in [0, 0.1) is 0 Å². The summed E-state index contributed by atoms with van der Waals surface area (Å²) in [5, 5.41) is 3.27. The molecule has 2 heterocycles. The first-order valence-electron chi connectivity index (χ1n) is 5.49. The Hall–Kier alpha value is -1.61. The van der Waals surface area contributed by atoms with Gasteiger partial charge < -0.3 is 9.73 Å². The smallest absolute Gasteiger partial charge is 0.120 e. The minimum absolute atomic E-state index is 0.281. The molecule has 0 aliphatic heterocycles. The molecule has 3 heteroatoms. The van der Waals surface area contributed by atoms with Crippen LogP contribution in [0.15, 0.2) is 47.3 Å². The fourth-order valence-electron chi connectivity index (χ4n) is 1.78. The highest BCUT2D eigenvalue weighted by molar-refractivity contribution is 5.11. The van der Waals surface area contributed by atoms with E-state index in [1.54, 1.807) is 6.26 Å². The van der Waals surface area contributed by atoms with Crippen LogP contribution in [0.1, 0.15) is 23.8 Å². The second-order valence-electron chi connectivity index (χ2n) is 3.75. The zero-order valence-corrected chi connectivity index (χ0v) is 9.39. The lowest BCUT2D eigenvalue weighted by atomic mass is 10.0. The van der Waals surface area contributed by atoms with Crippen LogP contribution in [0.3, 0.4) is 0 Å². The summed E-state index contributed by atoms with van der Waals surface area (Å²) >= 11 is 0. The van der Waals surface area contributed by atoms with Crippen LogP contribution in [0.4, 0.5) is 0 Å². The second kappa shape index (κ2) is 5.47. The maximum Gasteiger partial charge on any atom is 0.120 e. The number of aryl methyl sites for hydroxylation is 1. The van der Waals surface area contributed by atoms with Gasteiger partial charge in [0.05, 0.1) is 12.3 Å². The van der Waals surface area contributed by atoms with Crippen molar-refractivity contribution in [2.24, 2.45) is 0 Å². The highest BCUT2D eigenvalue weighted by atomic mass is 16.3. The monoisotopic (exact) mass is 216 g/mol. The molecule has 0 aliphatic rings. The molecule has 1 atom stereocenters. The molecule has 16 heavy (non-hydrogen) atoms. The van der Waals surface area contributed by atoms with E-state index in [2.05, 4.69) is 22.4 Å². The number of pyridine rings is 1. The third kappa shape index (κ3) is 2.70.